The quantitative estimate of drug-likeness (QED) is 0.180. The van der Waals surface area contributed by atoms with Crippen molar-refractivity contribution < 1.29 is 0 Å². The Morgan fingerprint density at radius 1 is 0.190 bits per heavy atom. The number of hydrogen-bond donors (Lipinski definition) is 0. The molecular weight excluding hydrogens is 709 g/mol. The lowest BCUT2D eigenvalue weighted by atomic mass is 10.2. The summed E-state index contributed by atoms with van der Waals surface area (Å²) in [7, 11) is 0. The molecular formula is C52H32N6. The van der Waals surface area contributed by atoms with Crippen LogP contribution in [0, 0.1) is 0 Å². The Morgan fingerprint density at radius 2 is 0.328 bits per heavy atom. The molecule has 0 spiro atoms. The molecule has 0 radical (unpaired) electrons. The van der Waals surface area contributed by atoms with Crippen LogP contribution < -0.4 is 0 Å². The number of benzene rings is 8. The van der Waals surface area contributed by atoms with Gasteiger partial charge in [0, 0.05) is 43.1 Å². The first-order valence-corrected chi connectivity index (χ1v) is 19.7. The molecule has 0 aliphatic carbocycles. The molecule has 0 amide bonds. The van der Waals surface area contributed by atoms with E-state index in [1.807, 2.05) is 0 Å². The van der Waals surface area contributed by atoms with Crippen LogP contribution in [0.25, 0.3) is 110 Å². The van der Waals surface area contributed by atoms with E-state index in [-0.39, 0.29) is 0 Å². The van der Waals surface area contributed by atoms with Crippen molar-refractivity contribution in [1.29, 1.82) is 0 Å². The number of aromatic nitrogens is 6. The van der Waals surface area contributed by atoms with Crippen LogP contribution in [0.15, 0.2) is 194 Å². The third kappa shape index (κ3) is 4.15. The largest absolute Gasteiger partial charge is 0.291 e. The average molecular weight is 741 g/mol. The topological polar surface area (TPSA) is 45.5 Å². The van der Waals surface area contributed by atoms with E-state index >= 15 is 0 Å². The van der Waals surface area contributed by atoms with Gasteiger partial charge in [0.1, 0.15) is 0 Å². The maximum Gasteiger partial charge on any atom is 0.184 e. The minimum absolute atomic E-state index is 0.741. The van der Waals surface area contributed by atoms with Crippen LogP contribution in [-0.2, 0) is 0 Å². The predicted molar refractivity (Wildman–Crippen MR) is 239 cm³/mol. The fourth-order valence-electron chi connectivity index (χ4n) is 9.60. The van der Waals surface area contributed by atoms with Gasteiger partial charge in [-0.15, -0.1) is 0 Å². The zero-order chi connectivity index (χ0) is 37.9. The van der Waals surface area contributed by atoms with Crippen molar-refractivity contribution in [3.05, 3.63) is 194 Å². The summed E-state index contributed by atoms with van der Waals surface area (Å²) >= 11 is 0. The van der Waals surface area contributed by atoms with E-state index in [0.29, 0.717) is 0 Å². The lowest BCUT2D eigenvalue weighted by Crippen LogP contribution is -2.16. The zero-order valence-corrected chi connectivity index (χ0v) is 31.2. The van der Waals surface area contributed by atoms with Gasteiger partial charge < -0.3 is 0 Å². The van der Waals surface area contributed by atoms with Crippen molar-refractivity contribution >= 4 is 87.2 Å². The molecule has 0 N–H and O–H groups in total. The first kappa shape index (κ1) is 31.3. The highest BCUT2D eigenvalue weighted by atomic mass is 15.3. The Morgan fingerprint density at radius 3 is 0.483 bits per heavy atom. The van der Waals surface area contributed by atoms with Crippen molar-refractivity contribution in [1.82, 2.24) is 28.2 Å². The van der Waals surface area contributed by atoms with E-state index in [1.54, 1.807) is 0 Å². The highest BCUT2D eigenvalue weighted by Crippen LogP contribution is 2.41. The Balaban J connectivity index is 1.31. The van der Waals surface area contributed by atoms with Crippen molar-refractivity contribution in [3.8, 4) is 23.3 Å². The maximum atomic E-state index is 6.02. The first-order valence-electron chi connectivity index (χ1n) is 19.7. The molecule has 270 valence electrons. The van der Waals surface area contributed by atoms with Crippen LogP contribution in [0.3, 0.4) is 0 Å². The van der Waals surface area contributed by atoms with Gasteiger partial charge in [-0.3, -0.25) is 18.3 Å². The molecule has 13 aromatic rings. The molecule has 0 fully saturated rings. The molecule has 58 heavy (non-hydrogen) atoms. The van der Waals surface area contributed by atoms with E-state index in [4.69, 9.17) is 9.97 Å². The van der Waals surface area contributed by atoms with Gasteiger partial charge in [-0.1, -0.05) is 146 Å². The second kappa shape index (κ2) is 11.8. The number of hydrogen-bond acceptors (Lipinski definition) is 2. The van der Waals surface area contributed by atoms with Gasteiger partial charge in [0.25, 0.3) is 0 Å². The van der Waals surface area contributed by atoms with Gasteiger partial charge in [-0.05, 0) is 48.5 Å². The summed E-state index contributed by atoms with van der Waals surface area (Å²) < 4.78 is 9.29. The highest BCUT2D eigenvalue weighted by Gasteiger charge is 2.28. The van der Waals surface area contributed by atoms with Crippen molar-refractivity contribution in [2.45, 2.75) is 0 Å². The van der Waals surface area contributed by atoms with Gasteiger partial charge in [0.05, 0.1) is 44.1 Å². The fraction of sp³-hybridized carbons (Fsp3) is 0. The minimum atomic E-state index is 0.741. The van der Waals surface area contributed by atoms with Crippen molar-refractivity contribution in [3.63, 3.8) is 0 Å². The number of para-hydroxylation sites is 8. The summed E-state index contributed by atoms with van der Waals surface area (Å²) in [5.41, 5.74) is 8.54. The standard InChI is InChI=1S/C52H32N6/c1-9-25-41-33(17-1)34-18-2-10-26-42(34)55(41)49-50(56-43-27-11-3-19-35(43)36-20-4-12-28-44(36)56)54-52(58-47-31-15-7-23-39(47)40-24-8-16-32-48(40)58)51(53-49)57-45-29-13-5-21-37(45)38-22-6-14-30-46(38)57/h1-32H. The SMILES string of the molecule is c1ccc2c(c1)c1ccccc1n2-c1nc(-n2c3ccccc3c3ccccc32)c(-n2c3ccccc3c3ccccc32)nc1-n1c2ccccc2c2ccccc21. The Labute approximate surface area is 331 Å². The lowest BCUT2D eigenvalue weighted by Gasteiger charge is -2.21. The Kier molecular flexibility index (Phi) is 6.35. The monoisotopic (exact) mass is 740 g/mol. The van der Waals surface area contributed by atoms with Crippen LogP contribution in [0.4, 0.5) is 0 Å². The van der Waals surface area contributed by atoms with Crippen LogP contribution in [-0.4, -0.2) is 28.2 Å². The fourth-order valence-corrected chi connectivity index (χ4v) is 9.60. The molecule has 0 unspecified atom stereocenters. The van der Waals surface area contributed by atoms with E-state index in [0.717, 1.165) is 110 Å². The Bertz CT molecular complexity index is 3110. The van der Waals surface area contributed by atoms with Gasteiger partial charge in [0.15, 0.2) is 23.3 Å². The molecule has 6 nitrogen and oxygen atoms in total. The summed E-state index contributed by atoms with van der Waals surface area (Å²) in [6.07, 6.45) is 0. The molecule has 0 atom stereocenters. The summed E-state index contributed by atoms with van der Waals surface area (Å²) in [5, 5.41) is 9.32. The number of fused-ring (bicyclic) bond motifs is 12. The summed E-state index contributed by atoms with van der Waals surface area (Å²) in [6, 6.07) is 69.2. The average Bonchev–Trinajstić information content (AvgIpc) is 4.01. The van der Waals surface area contributed by atoms with E-state index < -0.39 is 0 Å². The van der Waals surface area contributed by atoms with Crippen molar-refractivity contribution in [2.24, 2.45) is 0 Å². The van der Waals surface area contributed by atoms with Gasteiger partial charge in [-0.25, -0.2) is 9.97 Å². The Hall–Kier alpha value is -7.96. The molecule has 8 aromatic carbocycles. The summed E-state index contributed by atoms with van der Waals surface area (Å²) in [4.78, 5) is 12.0. The van der Waals surface area contributed by atoms with Crippen molar-refractivity contribution in [2.75, 3.05) is 0 Å². The third-order valence-electron chi connectivity index (χ3n) is 12.0. The van der Waals surface area contributed by atoms with Crippen LogP contribution in [0.5, 0.6) is 0 Å². The van der Waals surface area contributed by atoms with E-state index in [2.05, 4.69) is 212 Å². The zero-order valence-electron chi connectivity index (χ0n) is 31.2. The molecule has 13 rings (SSSR count). The van der Waals surface area contributed by atoms with Gasteiger partial charge >= 0.3 is 0 Å². The molecule has 0 bridgehead atoms. The summed E-state index contributed by atoms with van der Waals surface area (Å²) in [5.74, 6) is 2.96. The molecule has 5 heterocycles. The molecule has 5 aromatic heterocycles. The second-order valence-corrected chi connectivity index (χ2v) is 15.0. The molecule has 0 aliphatic heterocycles. The molecule has 0 saturated heterocycles. The predicted octanol–water partition coefficient (Wildman–Crippen LogP) is 12.9. The molecule has 0 aliphatic rings. The smallest absolute Gasteiger partial charge is 0.184 e. The van der Waals surface area contributed by atoms with Crippen LogP contribution in [0.2, 0.25) is 0 Å². The third-order valence-corrected chi connectivity index (χ3v) is 12.0. The summed E-state index contributed by atoms with van der Waals surface area (Å²) in [6.45, 7) is 0. The van der Waals surface area contributed by atoms with Gasteiger partial charge in [-0.2, -0.15) is 0 Å². The maximum absolute atomic E-state index is 6.02. The molecule has 6 heteroatoms. The minimum Gasteiger partial charge on any atom is -0.291 e. The number of nitrogens with zero attached hydrogens (tertiary/aromatic N) is 6. The second-order valence-electron chi connectivity index (χ2n) is 15.0. The van der Waals surface area contributed by atoms with E-state index in [9.17, 15) is 0 Å². The first-order chi connectivity index (χ1) is 28.8. The van der Waals surface area contributed by atoms with Crippen LogP contribution in [0.1, 0.15) is 0 Å². The highest BCUT2D eigenvalue weighted by molar-refractivity contribution is 6.13. The molecule has 0 saturated carbocycles. The van der Waals surface area contributed by atoms with Crippen LogP contribution >= 0.6 is 0 Å². The van der Waals surface area contributed by atoms with E-state index in [1.165, 1.54) is 0 Å². The normalized spacial score (nSPS) is 12.1. The van der Waals surface area contributed by atoms with Gasteiger partial charge in [0.2, 0.25) is 0 Å². The lowest BCUT2D eigenvalue weighted by molar-refractivity contribution is 0.898. The number of rotatable bonds is 4.